The van der Waals surface area contributed by atoms with E-state index in [9.17, 15) is 9.59 Å². The quantitative estimate of drug-likeness (QED) is 0.678. The van der Waals surface area contributed by atoms with Crippen LogP contribution in [0.4, 0.5) is 0 Å². The molecule has 3 rings (SSSR count). The summed E-state index contributed by atoms with van der Waals surface area (Å²) in [5, 5.41) is 9.39. The van der Waals surface area contributed by atoms with Gasteiger partial charge in [-0.15, -0.1) is 0 Å². The molecule has 0 N–H and O–H groups in total. The van der Waals surface area contributed by atoms with Crippen molar-refractivity contribution in [3.8, 4) is 6.07 Å². The van der Waals surface area contributed by atoms with Crippen LogP contribution in [0.15, 0.2) is 39.5 Å². The van der Waals surface area contributed by atoms with Gasteiger partial charge in [0.1, 0.15) is 30.2 Å². The molecule has 7 nitrogen and oxygen atoms in total. The van der Waals surface area contributed by atoms with Crippen molar-refractivity contribution < 1.29 is 13.9 Å². The molecule has 0 aliphatic rings. The molecule has 2 heterocycles. The molecule has 7 heteroatoms. The van der Waals surface area contributed by atoms with Gasteiger partial charge in [0, 0.05) is 0 Å². The summed E-state index contributed by atoms with van der Waals surface area (Å²) in [4.78, 5) is 29.1. The van der Waals surface area contributed by atoms with Crippen LogP contribution in [0, 0.1) is 25.2 Å². The Labute approximate surface area is 143 Å². The van der Waals surface area contributed by atoms with Crippen molar-refractivity contribution in [2.75, 3.05) is 0 Å². The number of ether oxygens (including phenoxy) is 1. The van der Waals surface area contributed by atoms with Gasteiger partial charge in [-0.25, -0.2) is 9.78 Å². The second kappa shape index (κ2) is 6.61. The van der Waals surface area contributed by atoms with E-state index in [-0.39, 0.29) is 24.5 Å². The molecule has 0 unspecified atom stereocenters. The molecule has 0 radical (unpaired) electrons. The van der Waals surface area contributed by atoms with Crippen molar-refractivity contribution in [3.05, 3.63) is 63.6 Å². The smallest absolute Gasteiger partial charge is 0.342 e. The first-order valence-electron chi connectivity index (χ1n) is 7.61. The largest absolute Gasteiger partial charge is 0.466 e. The lowest BCUT2D eigenvalue weighted by atomic mass is 10.2. The maximum absolute atomic E-state index is 12.5. The molecule has 0 saturated heterocycles. The van der Waals surface area contributed by atoms with E-state index in [0.29, 0.717) is 28.0 Å². The molecular weight excluding hydrogens is 322 g/mol. The van der Waals surface area contributed by atoms with Crippen LogP contribution < -0.4 is 5.56 Å². The minimum Gasteiger partial charge on any atom is -0.466 e. The van der Waals surface area contributed by atoms with E-state index in [1.165, 1.54) is 4.57 Å². The minimum absolute atomic E-state index is 0.173. The van der Waals surface area contributed by atoms with Gasteiger partial charge in [-0.05, 0) is 32.0 Å². The maximum atomic E-state index is 12.5. The fourth-order valence-electron chi connectivity index (χ4n) is 2.60. The topological polar surface area (TPSA) is 98.1 Å². The monoisotopic (exact) mass is 337 g/mol. The molecule has 0 atom stereocenters. The van der Waals surface area contributed by atoms with Crippen molar-refractivity contribution in [3.63, 3.8) is 0 Å². The minimum atomic E-state index is -0.569. The van der Waals surface area contributed by atoms with Crippen LogP contribution in [0.3, 0.4) is 0 Å². The number of para-hydroxylation sites is 1. The molecular formula is C18H15N3O4. The van der Waals surface area contributed by atoms with Crippen LogP contribution in [0.1, 0.15) is 27.7 Å². The van der Waals surface area contributed by atoms with Crippen molar-refractivity contribution >= 4 is 16.9 Å². The van der Waals surface area contributed by atoms with Crippen molar-refractivity contribution in [2.45, 2.75) is 27.0 Å². The summed E-state index contributed by atoms with van der Waals surface area (Å²) in [6.07, 6.45) is 0. The number of hydrogen-bond acceptors (Lipinski definition) is 6. The summed E-state index contributed by atoms with van der Waals surface area (Å²) in [6.45, 7) is 3.01. The number of rotatable bonds is 4. The Balaban J connectivity index is 1.94. The van der Waals surface area contributed by atoms with Crippen molar-refractivity contribution in [1.82, 2.24) is 9.55 Å². The predicted octanol–water partition coefficient (Wildman–Crippen LogP) is 2.49. The molecule has 1 aromatic carbocycles. The summed E-state index contributed by atoms with van der Waals surface area (Å²) in [5.41, 5.74) is 0.476. The standard InChI is InChI=1S/C18H15N3O4/c1-11-9-14(12(2)25-11)18(23)24-10-16-20-15-6-4-3-5-13(15)17(22)21(16)8-7-19/h3-6,9H,8,10H2,1-2H3. The number of hydrogen-bond donors (Lipinski definition) is 0. The van der Waals surface area contributed by atoms with Gasteiger partial charge in [0.15, 0.2) is 5.82 Å². The first-order valence-corrected chi connectivity index (χ1v) is 7.61. The second-order valence-corrected chi connectivity index (χ2v) is 5.50. The number of aromatic nitrogens is 2. The summed E-state index contributed by atoms with van der Waals surface area (Å²) >= 11 is 0. The van der Waals surface area contributed by atoms with Crippen LogP contribution in [0.5, 0.6) is 0 Å². The average Bonchev–Trinajstić information content (AvgIpc) is 2.94. The van der Waals surface area contributed by atoms with Gasteiger partial charge in [0.2, 0.25) is 0 Å². The zero-order valence-electron chi connectivity index (χ0n) is 13.8. The molecule has 0 bridgehead atoms. The second-order valence-electron chi connectivity index (χ2n) is 5.50. The third-order valence-corrected chi connectivity index (χ3v) is 3.76. The highest BCUT2D eigenvalue weighted by molar-refractivity contribution is 5.90. The lowest BCUT2D eigenvalue weighted by Gasteiger charge is -2.11. The van der Waals surface area contributed by atoms with E-state index in [2.05, 4.69) is 4.98 Å². The number of carbonyl (C=O) groups is 1. The van der Waals surface area contributed by atoms with Crippen LogP contribution in [-0.4, -0.2) is 15.5 Å². The Morgan fingerprint density at radius 2 is 2.12 bits per heavy atom. The molecule has 126 valence electrons. The highest BCUT2D eigenvalue weighted by Crippen LogP contribution is 2.16. The molecule has 0 amide bonds. The van der Waals surface area contributed by atoms with Gasteiger partial charge in [-0.1, -0.05) is 12.1 Å². The molecule has 25 heavy (non-hydrogen) atoms. The normalized spacial score (nSPS) is 10.6. The van der Waals surface area contributed by atoms with Gasteiger partial charge in [0.05, 0.1) is 17.0 Å². The van der Waals surface area contributed by atoms with E-state index < -0.39 is 5.97 Å². The van der Waals surface area contributed by atoms with E-state index >= 15 is 0 Å². The predicted molar refractivity (Wildman–Crippen MR) is 88.9 cm³/mol. The average molecular weight is 337 g/mol. The number of esters is 1. The highest BCUT2D eigenvalue weighted by atomic mass is 16.5. The number of fused-ring (bicyclic) bond motifs is 1. The molecule has 0 aliphatic carbocycles. The number of benzene rings is 1. The van der Waals surface area contributed by atoms with Crippen LogP contribution in [0.2, 0.25) is 0 Å². The van der Waals surface area contributed by atoms with Gasteiger partial charge in [-0.3, -0.25) is 9.36 Å². The molecule has 2 aromatic heterocycles. The third-order valence-electron chi connectivity index (χ3n) is 3.76. The molecule has 0 aliphatic heterocycles. The highest BCUT2D eigenvalue weighted by Gasteiger charge is 2.17. The summed E-state index contributed by atoms with van der Waals surface area (Å²) < 4.78 is 11.8. The van der Waals surface area contributed by atoms with Gasteiger partial charge < -0.3 is 9.15 Å². The number of nitrogens with zero attached hydrogens (tertiary/aromatic N) is 3. The maximum Gasteiger partial charge on any atom is 0.342 e. The molecule has 0 saturated carbocycles. The number of nitriles is 1. The molecule has 3 aromatic rings. The zero-order valence-corrected chi connectivity index (χ0v) is 13.8. The number of carbonyl (C=O) groups excluding carboxylic acids is 1. The van der Waals surface area contributed by atoms with Crippen LogP contribution >= 0.6 is 0 Å². The Morgan fingerprint density at radius 3 is 2.80 bits per heavy atom. The fourth-order valence-corrected chi connectivity index (χ4v) is 2.60. The Hall–Kier alpha value is -3.40. The van der Waals surface area contributed by atoms with Gasteiger partial charge in [-0.2, -0.15) is 5.26 Å². The third kappa shape index (κ3) is 3.15. The van der Waals surface area contributed by atoms with E-state index in [0.717, 1.165) is 0 Å². The number of furan rings is 1. The Morgan fingerprint density at radius 1 is 1.36 bits per heavy atom. The first-order chi connectivity index (χ1) is 12.0. The van der Waals surface area contributed by atoms with E-state index in [4.69, 9.17) is 14.4 Å². The zero-order chi connectivity index (χ0) is 18.0. The number of aryl methyl sites for hydroxylation is 2. The van der Waals surface area contributed by atoms with Crippen molar-refractivity contribution in [1.29, 1.82) is 5.26 Å². The summed E-state index contributed by atoms with van der Waals surface area (Å²) in [5.74, 6) is 0.717. The summed E-state index contributed by atoms with van der Waals surface area (Å²) in [6, 6.07) is 10.4. The van der Waals surface area contributed by atoms with Crippen LogP contribution in [-0.2, 0) is 17.9 Å². The lowest BCUT2D eigenvalue weighted by molar-refractivity contribution is 0.0455. The molecule has 0 spiro atoms. The van der Waals surface area contributed by atoms with E-state index in [1.807, 2.05) is 6.07 Å². The van der Waals surface area contributed by atoms with Crippen LogP contribution in [0.25, 0.3) is 10.9 Å². The Bertz CT molecular complexity index is 1060. The first kappa shape index (κ1) is 16.5. The van der Waals surface area contributed by atoms with Gasteiger partial charge in [0.25, 0.3) is 5.56 Å². The van der Waals surface area contributed by atoms with Crippen molar-refractivity contribution in [2.24, 2.45) is 0 Å². The lowest BCUT2D eigenvalue weighted by Crippen LogP contribution is -2.26. The Kier molecular flexibility index (Phi) is 4.35. The summed E-state index contributed by atoms with van der Waals surface area (Å²) in [7, 11) is 0. The SMILES string of the molecule is Cc1cc(C(=O)OCc2nc3ccccc3c(=O)n2CC#N)c(C)o1. The molecule has 0 fully saturated rings. The van der Waals surface area contributed by atoms with E-state index in [1.54, 1.807) is 44.2 Å². The van der Waals surface area contributed by atoms with Gasteiger partial charge >= 0.3 is 5.97 Å². The fraction of sp³-hybridized carbons (Fsp3) is 0.222.